The maximum atomic E-state index is 11.0. The Morgan fingerprint density at radius 1 is 1.27 bits per heavy atom. The largest absolute Gasteiger partial charge is 0.480 e. The van der Waals surface area contributed by atoms with Gasteiger partial charge in [0.05, 0.1) is 15.1 Å². The molecule has 22 heavy (non-hydrogen) atoms. The number of rotatable bonds is 7. The second-order valence-corrected chi connectivity index (χ2v) is 7.44. The molecule has 0 aliphatic rings. The highest BCUT2D eigenvalue weighted by molar-refractivity contribution is 6.49. The summed E-state index contributed by atoms with van der Waals surface area (Å²) in [5.41, 5.74) is 5.31. The van der Waals surface area contributed by atoms with Crippen LogP contribution in [0.2, 0.25) is 20.1 Å². The van der Waals surface area contributed by atoms with Crippen molar-refractivity contribution in [3.8, 4) is 0 Å². The predicted molar refractivity (Wildman–Crippen MR) is 93.4 cm³/mol. The SMILES string of the molecule is CC(CCCc1c(Cl)cc(Cl)c(Cl)c1Cl)CC(C)(N)C(=O)O. The molecule has 0 amide bonds. The molecule has 0 saturated carbocycles. The molecule has 1 aromatic rings. The minimum atomic E-state index is -1.21. The lowest BCUT2D eigenvalue weighted by atomic mass is 9.87. The molecular weight excluding hydrogens is 368 g/mol. The van der Waals surface area contributed by atoms with Crippen molar-refractivity contribution >= 4 is 52.4 Å². The van der Waals surface area contributed by atoms with Gasteiger partial charge in [0.15, 0.2) is 0 Å². The van der Waals surface area contributed by atoms with Gasteiger partial charge in [-0.05, 0) is 43.7 Å². The normalized spacial score (nSPS) is 15.4. The van der Waals surface area contributed by atoms with E-state index in [9.17, 15) is 4.79 Å². The summed E-state index contributed by atoms with van der Waals surface area (Å²) in [6.07, 6.45) is 2.67. The Kier molecular flexibility index (Phi) is 7.28. The molecule has 0 aliphatic heterocycles. The van der Waals surface area contributed by atoms with E-state index in [2.05, 4.69) is 0 Å². The van der Waals surface area contributed by atoms with Crippen LogP contribution in [0.25, 0.3) is 0 Å². The molecule has 0 aliphatic carbocycles. The van der Waals surface area contributed by atoms with Crippen LogP contribution in [0.3, 0.4) is 0 Å². The highest BCUT2D eigenvalue weighted by Gasteiger charge is 2.29. The standard InChI is InChI=1S/C15H19Cl4NO2/c1-8(7-15(2,20)14(21)22)4-3-5-9-10(16)6-11(17)13(19)12(9)18/h6,8H,3-5,7,20H2,1-2H3,(H,21,22). The minimum Gasteiger partial charge on any atom is -0.480 e. The van der Waals surface area contributed by atoms with Gasteiger partial charge in [-0.3, -0.25) is 4.79 Å². The summed E-state index contributed by atoms with van der Waals surface area (Å²) in [5, 5.41) is 10.5. The third-order valence-electron chi connectivity index (χ3n) is 3.59. The fourth-order valence-corrected chi connectivity index (χ4v) is 3.49. The first-order valence-corrected chi connectivity index (χ1v) is 8.41. The lowest BCUT2D eigenvalue weighted by Crippen LogP contribution is -2.46. The van der Waals surface area contributed by atoms with Crippen molar-refractivity contribution in [1.82, 2.24) is 0 Å². The summed E-state index contributed by atoms with van der Waals surface area (Å²) >= 11 is 24.2. The minimum absolute atomic E-state index is 0.173. The van der Waals surface area contributed by atoms with E-state index in [4.69, 9.17) is 57.2 Å². The Hall–Kier alpha value is -0.190. The van der Waals surface area contributed by atoms with Crippen LogP contribution in [0.15, 0.2) is 6.07 Å². The van der Waals surface area contributed by atoms with Gasteiger partial charge in [0.2, 0.25) is 0 Å². The molecule has 0 aromatic heterocycles. The maximum absolute atomic E-state index is 11.0. The summed E-state index contributed by atoms with van der Waals surface area (Å²) < 4.78 is 0. The van der Waals surface area contributed by atoms with Gasteiger partial charge in [0, 0.05) is 5.02 Å². The van der Waals surface area contributed by atoms with Gasteiger partial charge in [-0.25, -0.2) is 0 Å². The third-order valence-corrected chi connectivity index (χ3v) is 5.23. The smallest absolute Gasteiger partial charge is 0.323 e. The quantitative estimate of drug-likeness (QED) is 0.483. The lowest BCUT2D eigenvalue weighted by Gasteiger charge is -2.23. The summed E-state index contributed by atoms with van der Waals surface area (Å²) in [7, 11) is 0. The monoisotopic (exact) mass is 385 g/mol. The number of hydrogen-bond acceptors (Lipinski definition) is 2. The second kappa shape index (κ2) is 8.07. The van der Waals surface area contributed by atoms with E-state index >= 15 is 0 Å². The van der Waals surface area contributed by atoms with Gasteiger partial charge < -0.3 is 10.8 Å². The van der Waals surface area contributed by atoms with Crippen molar-refractivity contribution in [2.45, 2.75) is 45.1 Å². The predicted octanol–water partition coefficient (Wildman–Crippen LogP) is 5.45. The number of benzene rings is 1. The molecule has 0 heterocycles. The van der Waals surface area contributed by atoms with Crippen LogP contribution in [0.1, 0.15) is 38.7 Å². The Morgan fingerprint density at radius 2 is 1.86 bits per heavy atom. The molecule has 0 fully saturated rings. The van der Waals surface area contributed by atoms with Gasteiger partial charge in [-0.15, -0.1) is 0 Å². The third kappa shape index (κ3) is 5.17. The second-order valence-electron chi connectivity index (χ2n) is 5.87. The molecule has 0 bridgehead atoms. The Morgan fingerprint density at radius 3 is 2.41 bits per heavy atom. The average molecular weight is 387 g/mol. The Labute approximate surface area is 150 Å². The van der Waals surface area contributed by atoms with Crippen LogP contribution in [-0.4, -0.2) is 16.6 Å². The van der Waals surface area contributed by atoms with E-state index in [1.807, 2.05) is 6.92 Å². The van der Waals surface area contributed by atoms with E-state index < -0.39 is 11.5 Å². The van der Waals surface area contributed by atoms with Crippen LogP contribution in [0.5, 0.6) is 0 Å². The Balaban J connectivity index is 2.62. The van der Waals surface area contributed by atoms with Gasteiger partial charge >= 0.3 is 5.97 Å². The first-order valence-electron chi connectivity index (χ1n) is 6.90. The molecule has 3 N–H and O–H groups in total. The number of carboxylic acids is 1. The summed E-state index contributed by atoms with van der Waals surface area (Å²) in [6, 6.07) is 1.58. The van der Waals surface area contributed by atoms with Crippen LogP contribution >= 0.6 is 46.4 Å². The fourth-order valence-electron chi connectivity index (χ4n) is 2.37. The van der Waals surface area contributed by atoms with Crippen molar-refractivity contribution in [2.24, 2.45) is 11.7 Å². The van der Waals surface area contributed by atoms with Gasteiger partial charge in [-0.1, -0.05) is 59.7 Å². The summed E-state index contributed by atoms with van der Waals surface area (Å²) in [5.74, 6) is -0.818. The number of carboxylic acid groups (broad SMARTS) is 1. The number of hydrogen-bond donors (Lipinski definition) is 2. The number of aliphatic carboxylic acids is 1. The fraction of sp³-hybridized carbons (Fsp3) is 0.533. The van der Waals surface area contributed by atoms with Crippen LogP contribution < -0.4 is 5.73 Å². The Bertz CT molecular complexity index is 561. The summed E-state index contributed by atoms with van der Waals surface area (Å²) in [4.78, 5) is 11.0. The number of halogens is 4. The molecule has 124 valence electrons. The number of carbonyl (C=O) groups is 1. The zero-order chi connectivity index (χ0) is 17.1. The van der Waals surface area contributed by atoms with Crippen molar-refractivity contribution < 1.29 is 9.90 Å². The van der Waals surface area contributed by atoms with E-state index in [0.29, 0.717) is 32.9 Å². The first kappa shape index (κ1) is 19.9. The average Bonchev–Trinajstić information content (AvgIpc) is 2.39. The van der Waals surface area contributed by atoms with E-state index in [0.717, 1.165) is 18.4 Å². The molecule has 1 aromatic carbocycles. The molecule has 7 heteroatoms. The highest BCUT2D eigenvalue weighted by atomic mass is 35.5. The first-order chi connectivity index (χ1) is 10.1. The van der Waals surface area contributed by atoms with Crippen molar-refractivity contribution in [2.75, 3.05) is 0 Å². The molecule has 0 saturated heterocycles. The molecular formula is C15H19Cl4NO2. The van der Waals surface area contributed by atoms with E-state index in [1.54, 1.807) is 6.07 Å². The zero-order valence-corrected chi connectivity index (χ0v) is 15.5. The molecule has 0 radical (unpaired) electrons. The summed E-state index contributed by atoms with van der Waals surface area (Å²) in [6.45, 7) is 3.50. The zero-order valence-electron chi connectivity index (χ0n) is 12.4. The van der Waals surface area contributed by atoms with Gasteiger partial charge in [0.1, 0.15) is 5.54 Å². The topological polar surface area (TPSA) is 63.3 Å². The molecule has 1 rings (SSSR count). The van der Waals surface area contributed by atoms with Crippen molar-refractivity contribution in [3.63, 3.8) is 0 Å². The van der Waals surface area contributed by atoms with E-state index in [-0.39, 0.29) is 5.92 Å². The molecule has 2 atom stereocenters. The molecule has 3 nitrogen and oxygen atoms in total. The van der Waals surface area contributed by atoms with Gasteiger partial charge in [-0.2, -0.15) is 0 Å². The maximum Gasteiger partial charge on any atom is 0.323 e. The van der Waals surface area contributed by atoms with Crippen molar-refractivity contribution in [1.29, 1.82) is 0 Å². The molecule has 2 unspecified atom stereocenters. The highest BCUT2D eigenvalue weighted by Crippen LogP contribution is 2.38. The van der Waals surface area contributed by atoms with Crippen molar-refractivity contribution in [3.05, 3.63) is 31.7 Å². The van der Waals surface area contributed by atoms with Crippen LogP contribution in [-0.2, 0) is 11.2 Å². The van der Waals surface area contributed by atoms with Crippen LogP contribution in [0.4, 0.5) is 0 Å². The number of nitrogens with two attached hydrogens (primary N) is 1. The lowest BCUT2D eigenvalue weighted by molar-refractivity contribution is -0.143. The van der Waals surface area contributed by atoms with Gasteiger partial charge in [0.25, 0.3) is 0 Å². The van der Waals surface area contributed by atoms with Crippen LogP contribution in [0, 0.1) is 5.92 Å². The molecule has 0 spiro atoms. The van der Waals surface area contributed by atoms with E-state index in [1.165, 1.54) is 6.92 Å².